The van der Waals surface area contributed by atoms with Crippen LogP contribution in [0, 0.1) is 11.6 Å². The molecule has 2 unspecified atom stereocenters. The number of furan rings is 1. The predicted octanol–water partition coefficient (Wildman–Crippen LogP) is 3.27. The van der Waals surface area contributed by atoms with Gasteiger partial charge in [0.05, 0.1) is 25.0 Å². The van der Waals surface area contributed by atoms with Gasteiger partial charge in [0, 0.05) is 19.7 Å². The van der Waals surface area contributed by atoms with Crippen molar-refractivity contribution in [1.82, 2.24) is 4.90 Å². The van der Waals surface area contributed by atoms with Gasteiger partial charge in [0.25, 0.3) is 0 Å². The first-order chi connectivity index (χ1) is 11.6. The second-order valence-corrected chi connectivity index (χ2v) is 6.10. The minimum absolute atomic E-state index is 0.122. The zero-order valence-electron chi connectivity index (χ0n) is 13.3. The Labute approximate surface area is 139 Å². The van der Waals surface area contributed by atoms with Crippen molar-refractivity contribution >= 4 is 0 Å². The molecular weight excluding hydrogens is 316 g/mol. The molecule has 1 N–H and O–H groups in total. The Morgan fingerprint density at radius 3 is 2.79 bits per heavy atom. The summed E-state index contributed by atoms with van der Waals surface area (Å²) in [7, 11) is 0. The molecule has 4 nitrogen and oxygen atoms in total. The first-order valence-electron chi connectivity index (χ1n) is 8.11. The molecule has 2 aromatic rings. The van der Waals surface area contributed by atoms with Crippen molar-refractivity contribution in [3.05, 3.63) is 59.6 Å². The molecule has 3 rings (SSSR count). The molecule has 24 heavy (non-hydrogen) atoms. The van der Waals surface area contributed by atoms with E-state index < -0.39 is 17.7 Å². The van der Waals surface area contributed by atoms with Gasteiger partial charge in [-0.25, -0.2) is 8.78 Å². The number of halogens is 2. The summed E-state index contributed by atoms with van der Waals surface area (Å²) >= 11 is 0. The SMILES string of the molecule is OC(CN(Cc1ccco1)CC1CCCO1)c1ccc(F)c(F)c1. The summed E-state index contributed by atoms with van der Waals surface area (Å²) in [6.07, 6.45) is 2.82. The average molecular weight is 337 g/mol. The molecule has 1 aromatic heterocycles. The molecule has 1 saturated heterocycles. The zero-order valence-corrected chi connectivity index (χ0v) is 13.3. The maximum Gasteiger partial charge on any atom is 0.159 e. The Hall–Kier alpha value is -1.76. The first kappa shape index (κ1) is 17.1. The van der Waals surface area contributed by atoms with E-state index in [0.29, 0.717) is 18.7 Å². The highest BCUT2D eigenvalue weighted by Crippen LogP contribution is 2.21. The zero-order chi connectivity index (χ0) is 16.9. The van der Waals surface area contributed by atoms with Crippen LogP contribution in [0.1, 0.15) is 30.3 Å². The molecule has 0 saturated carbocycles. The molecule has 1 fully saturated rings. The van der Waals surface area contributed by atoms with E-state index >= 15 is 0 Å². The molecule has 1 aliphatic rings. The quantitative estimate of drug-likeness (QED) is 0.842. The van der Waals surface area contributed by atoms with Crippen LogP contribution in [0.4, 0.5) is 8.78 Å². The van der Waals surface area contributed by atoms with Crippen molar-refractivity contribution in [3.63, 3.8) is 0 Å². The van der Waals surface area contributed by atoms with E-state index in [9.17, 15) is 13.9 Å². The van der Waals surface area contributed by atoms with Gasteiger partial charge < -0.3 is 14.3 Å². The molecular formula is C18H21F2NO3. The topological polar surface area (TPSA) is 45.8 Å². The van der Waals surface area contributed by atoms with Gasteiger partial charge >= 0.3 is 0 Å². The van der Waals surface area contributed by atoms with Gasteiger partial charge in [-0.05, 0) is 42.7 Å². The van der Waals surface area contributed by atoms with Crippen LogP contribution < -0.4 is 0 Å². The molecule has 0 bridgehead atoms. The molecule has 0 radical (unpaired) electrons. The fraction of sp³-hybridized carbons (Fsp3) is 0.444. The molecule has 2 atom stereocenters. The fourth-order valence-electron chi connectivity index (χ4n) is 2.97. The van der Waals surface area contributed by atoms with Crippen molar-refractivity contribution in [3.8, 4) is 0 Å². The Balaban J connectivity index is 1.67. The highest BCUT2D eigenvalue weighted by atomic mass is 19.2. The number of ether oxygens (including phenoxy) is 1. The van der Waals surface area contributed by atoms with Crippen molar-refractivity contribution in [1.29, 1.82) is 0 Å². The summed E-state index contributed by atoms with van der Waals surface area (Å²) in [5.41, 5.74) is 0.352. The summed E-state index contributed by atoms with van der Waals surface area (Å²) in [5, 5.41) is 10.4. The van der Waals surface area contributed by atoms with Gasteiger partial charge in [0.15, 0.2) is 11.6 Å². The van der Waals surface area contributed by atoms with Crippen LogP contribution in [0.3, 0.4) is 0 Å². The minimum atomic E-state index is -0.955. The lowest BCUT2D eigenvalue weighted by Crippen LogP contribution is -2.35. The lowest BCUT2D eigenvalue weighted by atomic mass is 10.1. The first-order valence-corrected chi connectivity index (χ1v) is 8.11. The second-order valence-electron chi connectivity index (χ2n) is 6.10. The maximum atomic E-state index is 13.4. The van der Waals surface area contributed by atoms with Crippen LogP contribution in [-0.2, 0) is 11.3 Å². The number of aliphatic hydroxyl groups is 1. The summed E-state index contributed by atoms with van der Waals surface area (Å²) in [6.45, 7) is 2.21. The number of hydrogen-bond donors (Lipinski definition) is 1. The monoisotopic (exact) mass is 337 g/mol. The molecule has 130 valence electrons. The smallest absolute Gasteiger partial charge is 0.159 e. The van der Waals surface area contributed by atoms with Crippen LogP contribution in [0.15, 0.2) is 41.0 Å². The molecule has 6 heteroatoms. The van der Waals surface area contributed by atoms with Crippen LogP contribution >= 0.6 is 0 Å². The summed E-state index contributed by atoms with van der Waals surface area (Å²) in [6, 6.07) is 7.15. The van der Waals surface area contributed by atoms with Crippen molar-refractivity contribution in [2.24, 2.45) is 0 Å². The van der Waals surface area contributed by atoms with Crippen molar-refractivity contribution < 1.29 is 23.0 Å². The Morgan fingerprint density at radius 2 is 2.12 bits per heavy atom. The summed E-state index contributed by atoms with van der Waals surface area (Å²) in [5.74, 6) is -1.09. The van der Waals surface area contributed by atoms with E-state index in [1.54, 1.807) is 6.26 Å². The van der Waals surface area contributed by atoms with Crippen LogP contribution in [-0.4, -0.2) is 35.8 Å². The van der Waals surface area contributed by atoms with E-state index in [2.05, 4.69) is 0 Å². The standard InChI is InChI=1S/C18H21F2NO3/c19-16-6-5-13(9-17(16)20)18(22)12-21(10-14-3-1-7-23-14)11-15-4-2-8-24-15/h1,3,5-7,9,15,18,22H,2,4,8,10-12H2. The lowest BCUT2D eigenvalue weighted by Gasteiger charge is -2.26. The van der Waals surface area contributed by atoms with Crippen molar-refractivity contribution in [2.45, 2.75) is 31.6 Å². The van der Waals surface area contributed by atoms with Gasteiger partial charge in [-0.15, -0.1) is 0 Å². The van der Waals surface area contributed by atoms with Gasteiger partial charge in [-0.2, -0.15) is 0 Å². The molecule has 0 amide bonds. The molecule has 2 heterocycles. The van der Waals surface area contributed by atoms with E-state index in [-0.39, 0.29) is 12.6 Å². The fourth-order valence-corrected chi connectivity index (χ4v) is 2.97. The highest BCUT2D eigenvalue weighted by Gasteiger charge is 2.22. The average Bonchev–Trinajstić information content (AvgIpc) is 3.23. The van der Waals surface area contributed by atoms with Gasteiger partial charge in [-0.3, -0.25) is 4.90 Å². The molecule has 1 aliphatic heterocycles. The number of hydrogen-bond acceptors (Lipinski definition) is 4. The minimum Gasteiger partial charge on any atom is -0.468 e. The van der Waals surface area contributed by atoms with Crippen LogP contribution in [0.5, 0.6) is 0 Å². The van der Waals surface area contributed by atoms with Gasteiger partial charge in [0.1, 0.15) is 5.76 Å². The molecule has 1 aromatic carbocycles. The normalized spacial score (nSPS) is 19.1. The van der Waals surface area contributed by atoms with E-state index in [4.69, 9.17) is 9.15 Å². The summed E-state index contributed by atoms with van der Waals surface area (Å²) < 4.78 is 37.5. The largest absolute Gasteiger partial charge is 0.468 e. The van der Waals surface area contributed by atoms with Gasteiger partial charge in [-0.1, -0.05) is 6.07 Å². The van der Waals surface area contributed by atoms with E-state index in [1.807, 2.05) is 17.0 Å². The highest BCUT2D eigenvalue weighted by molar-refractivity contribution is 5.20. The predicted molar refractivity (Wildman–Crippen MR) is 84.3 cm³/mol. The van der Waals surface area contributed by atoms with Crippen molar-refractivity contribution in [2.75, 3.05) is 19.7 Å². The number of aliphatic hydroxyl groups excluding tert-OH is 1. The van der Waals surface area contributed by atoms with Crippen LogP contribution in [0.2, 0.25) is 0 Å². The Bertz CT molecular complexity index is 642. The number of nitrogens with zero attached hydrogens (tertiary/aromatic N) is 1. The third kappa shape index (κ3) is 4.41. The summed E-state index contributed by atoms with van der Waals surface area (Å²) in [4.78, 5) is 2.01. The van der Waals surface area contributed by atoms with E-state index in [0.717, 1.165) is 37.3 Å². The maximum absolute atomic E-state index is 13.4. The second kappa shape index (κ2) is 7.88. The number of rotatable bonds is 7. The lowest BCUT2D eigenvalue weighted by molar-refractivity contribution is 0.0433. The number of benzene rings is 1. The van der Waals surface area contributed by atoms with E-state index in [1.165, 1.54) is 6.07 Å². The Kier molecular flexibility index (Phi) is 5.60. The molecule has 0 aliphatic carbocycles. The third-order valence-corrected chi connectivity index (χ3v) is 4.20. The Morgan fingerprint density at radius 1 is 1.25 bits per heavy atom. The van der Waals surface area contributed by atoms with Crippen LogP contribution in [0.25, 0.3) is 0 Å². The van der Waals surface area contributed by atoms with Gasteiger partial charge in [0.2, 0.25) is 0 Å². The third-order valence-electron chi connectivity index (χ3n) is 4.20. The molecule has 0 spiro atoms.